The van der Waals surface area contributed by atoms with Crippen LogP contribution in [0.15, 0.2) is 51.4 Å². The van der Waals surface area contributed by atoms with Gasteiger partial charge >= 0.3 is 0 Å². The Bertz CT molecular complexity index is 590. The SMILES string of the molecule is N[C@H](c1cc(Br)cc(Br)c1O)[C@@H](O)Cc1ccccc1. The fourth-order valence-corrected chi connectivity index (χ4v) is 3.29. The summed E-state index contributed by atoms with van der Waals surface area (Å²) in [6.45, 7) is 0. The lowest BCUT2D eigenvalue weighted by Gasteiger charge is -2.21. The maximum atomic E-state index is 10.3. The van der Waals surface area contributed by atoms with Crippen LogP contribution in [0.5, 0.6) is 5.75 Å². The number of aliphatic hydroxyl groups excluding tert-OH is 1. The molecule has 0 radical (unpaired) electrons. The van der Waals surface area contributed by atoms with E-state index in [0.29, 0.717) is 16.5 Å². The molecule has 2 aromatic carbocycles. The van der Waals surface area contributed by atoms with Crippen LogP contribution in [0.2, 0.25) is 0 Å². The third-order valence-corrected chi connectivity index (χ3v) is 4.18. The lowest BCUT2D eigenvalue weighted by molar-refractivity contribution is 0.143. The number of phenols is 1. The number of aromatic hydroxyl groups is 1. The summed E-state index contributed by atoms with van der Waals surface area (Å²) in [4.78, 5) is 0. The van der Waals surface area contributed by atoms with Crippen molar-refractivity contribution in [3.8, 4) is 5.75 Å². The quantitative estimate of drug-likeness (QED) is 0.735. The van der Waals surface area contributed by atoms with E-state index in [1.54, 1.807) is 12.1 Å². The standard InChI is InChI=1S/C15H15Br2NO2/c16-10-7-11(15(20)12(17)8-10)14(18)13(19)6-9-4-2-1-3-5-9/h1-5,7-8,13-14,19-20H,6,18H2/t13-,14+/m0/s1. The molecular weight excluding hydrogens is 386 g/mol. The van der Waals surface area contributed by atoms with E-state index < -0.39 is 12.1 Å². The minimum atomic E-state index is -0.774. The fourth-order valence-electron chi connectivity index (χ4n) is 2.03. The normalized spacial score (nSPS) is 14.0. The third kappa shape index (κ3) is 3.61. The molecule has 0 aliphatic rings. The Kier molecular flexibility index (Phi) is 5.21. The van der Waals surface area contributed by atoms with E-state index in [1.165, 1.54) is 0 Å². The number of hydrogen-bond donors (Lipinski definition) is 3. The van der Waals surface area contributed by atoms with Gasteiger partial charge in [0, 0.05) is 16.5 Å². The van der Waals surface area contributed by atoms with Crippen LogP contribution in [0.4, 0.5) is 0 Å². The highest BCUT2D eigenvalue weighted by Gasteiger charge is 2.22. The molecule has 3 nitrogen and oxygen atoms in total. The summed E-state index contributed by atoms with van der Waals surface area (Å²) in [6, 6.07) is 12.4. The minimum absolute atomic E-state index is 0.0628. The van der Waals surface area contributed by atoms with Crippen LogP contribution in [0.1, 0.15) is 17.2 Å². The maximum absolute atomic E-state index is 10.3. The van der Waals surface area contributed by atoms with Crippen molar-refractivity contribution >= 4 is 31.9 Å². The monoisotopic (exact) mass is 399 g/mol. The van der Waals surface area contributed by atoms with Gasteiger partial charge in [0.05, 0.1) is 16.6 Å². The molecule has 0 aliphatic heterocycles. The van der Waals surface area contributed by atoms with Gasteiger partial charge < -0.3 is 15.9 Å². The zero-order valence-corrected chi connectivity index (χ0v) is 13.8. The molecule has 20 heavy (non-hydrogen) atoms. The predicted octanol–water partition coefficient (Wildman–Crippen LogP) is 3.52. The van der Waals surface area contributed by atoms with Crippen molar-refractivity contribution in [3.63, 3.8) is 0 Å². The molecule has 0 aromatic heterocycles. The number of rotatable bonds is 4. The average Bonchev–Trinajstić information content (AvgIpc) is 2.43. The molecule has 0 saturated heterocycles. The van der Waals surface area contributed by atoms with Crippen molar-refractivity contribution in [1.29, 1.82) is 0 Å². The van der Waals surface area contributed by atoms with E-state index in [2.05, 4.69) is 31.9 Å². The largest absolute Gasteiger partial charge is 0.506 e. The van der Waals surface area contributed by atoms with Gasteiger partial charge in [-0.2, -0.15) is 0 Å². The number of phenolic OH excluding ortho intramolecular Hbond substituents is 1. The summed E-state index contributed by atoms with van der Waals surface area (Å²) in [6.07, 6.45) is -0.338. The lowest BCUT2D eigenvalue weighted by atomic mass is 9.96. The molecule has 0 aliphatic carbocycles. The first-order valence-electron chi connectivity index (χ1n) is 6.14. The molecule has 4 N–H and O–H groups in total. The molecule has 2 atom stereocenters. The maximum Gasteiger partial charge on any atom is 0.134 e. The van der Waals surface area contributed by atoms with Gasteiger partial charge in [0.25, 0.3) is 0 Å². The summed E-state index contributed by atoms with van der Waals surface area (Å²) in [5, 5.41) is 20.3. The molecule has 2 rings (SSSR count). The Morgan fingerprint density at radius 3 is 2.40 bits per heavy atom. The number of halogens is 2. The van der Waals surface area contributed by atoms with E-state index in [0.717, 1.165) is 10.0 Å². The van der Waals surface area contributed by atoms with Gasteiger partial charge in [-0.3, -0.25) is 0 Å². The number of hydrogen-bond acceptors (Lipinski definition) is 3. The first-order chi connectivity index (χ1) is 9.49. The van der Waals surface area contributed by atoms with Gasteiger partial charge in [0.15, 0.2) is 0 Å². The highest BCUT2D eigenvalue weighted by Crippen LogP contribution is 2.35. The molecule has 0 saturated carbocycles. The van der Waals surface area contributed by atoms with Crippen molar-refractivity contribution in [2.45, 2.75) is 18.6 Å². The Balaban J connectivity index is 2.21. The van der Waals surface area contributed by atoms with Crippen LogP contribution in [0.3, 0.4) is 0 Å². The summed E-state index contributed by atoms with van der Waals surface area (Å²) in [5.41, 5.74) is 7.59. The molecule has 5 heteroatoms. The van der Waals surface area contributed by atoms with Crippen molar-refractivity contribution in [2.75, 3.05) is 0 Å². The predicted molar refractivity (Wildman–Crippen MR) is 86.6 cm³/mol. The zero-order valence-electron chi connectivity index (χ0n) is 10.6. The van der Waals surface area contributed by atoms with Gasteiger partial charge in [-0.1, -0.05) is 46.3 Å². The number of aliphatic hydroxyl groups is 1. The van der Waals surface area contributed by atoms with E-state index in [-0.39, 0.29) is 5.75 Å². The Hall–Kier alpha value is -0.880. The van der Waals surface area contributed by atoms with Crippen molar-refractivity contribution in [3.05, 3.63) is 62.5 Å². The van der Waals surface area contributed by atoms with Gasteiger partial charge in [-0.05, 0) is 33.6 Å². The Morgan fingerprint density at radius 1 is 1.10 bits per heavy atom. The minimum Gasteiger partial charge on any atom is -0.506 e. The lowest BCUT2D eigenvalue weighted by Crippen LogP contribution is -2.28. The van der Waals surface area contributed by atoms with Crippen LogP contribution in [-0.2, 0) is 6.42 Å². The Labute approximate surface area is 134 Å². The second kappa shape index (κ2) is 6.72. The van der Waals surface area contributed by atoms with Crippen LogP contribution in [0.25, 0.3) is 0 Å². The first-order valence-corrected chi connectivity index (χ1v) is 7.73. The van der Waals surface area contributed by atoms with Crippen LogP contribution in [0, 0.1) is 0 Å². The second-order valence-electron chi connectivity index (χ2n) is 4.61. The van der Waals surface area contributed by atoms with Gasteiger partial charge in [0.1, 0.15) is 5.75 Å². The van der Waals surface area contributed by atoms with Gasteiger partial charge in [0.2, 0.25) is 0 Å². The van der Waals surface area contributed by atoms with Crippen LogP contribution < -0.4 is 5.73 Å². The molecule has 0 spiro atoms. The smallest absolute Gasteiger partial charge is 0.134 e. The third-order valence-electron chi connectivity index (χ3n) is 3.12. The fraction of sp³-hybridized carbons (Fsp3) is 0.200. The average molecular weight is 401 g/mol. The number of benzene rings is 2. The summed E-state index contributed by atoms with van der Waals surface area (Å²) >= 11 is 6.62. The zero-order chi connectivity index (χ0) is 14.7. The van der Waals surface area contributed by atoms with Gasteiger partial charge in [-0.25, -0.2) is 0 Å². The highest BCUT2D eigenvalue weighted by atomic mass is 79.9. The van der Waals surface area contributed by atoms with Crippen LogP contribution >= 0.6 is 31.9 Å². The molecule has 0 amide bonds. The summed E-state index contributed by atoms with van der Waals surface area (Å²) in [5.74, 6) is 0.0628. The van der Waals surface area contributed by atoms with Crippen molar-refractivity contribution in [2.24, 2.45) is 5.73 Å². The molecule has 0 fully saturated rings. The number of nitrogens with two attached hydrogens (primary N) is 1. The van der Waals surface area contributed by atoms with Crippen molar-refractivity contribution in [1.82, 2.24) is 0 Å². The van der Waals surface area contributed by atoms with Crippen molar-refractivity contribution < 1.29 is 10.2 Å². The molecule has 2 aromatic rings. The molecule has 106 valence electrons. The molecule has 0 unspecified atom stereocenters. The van der Waals surface area contributed by atoms with E-state index >= 15 is 0 Å². The molecule has 0 bridgehead atoms. The topological polar surface area (TPSA) is 66.5 Å². The summed E-state index contributed by atoms with van der Waals surface area (Å²) in [7, 11) is 0. The van der Waals surface area contributed by atoms with Gasteiger partial charge in [-0.15, -0.1) is 0 Å². The molecular formula is C15H15Br2NO2. The van der Waals surface area contributed by atoms with Crippen LogP contribution in [-0.4, -0.2) is 16.3 Å². The van der Waals surface area contributed by atoms with E-state index in [1.807, 2.05) is 30.3 Å². The van der Waals surface area contributed by atoms with E-state index in [9.17, 15) is 10.2 Å². The van der Waals surface area contributed by atoms with E-state index in [4.69, 9.17) is 5.73 Å². The first kappa shape index (κ1) is 15.5. The molecule has 0 heterocycles. The summed E-state index contributed by atoms with van der Waals surface area (Å²) < 4.78 is 1.34. The Morgan fingerprint density at radius 2 is 1.75 bits per heavy atom. The second-order valence-corrected chi connectivity index (χ2v) is 6.38. The highest BCUT2D eigenvalue weighted by molar-refractivity contribution is 9.11.